The Morgan fingerprint density at radius 3 is 2.97 bits per heavy atom. The quantitative estimate of drug-likeness (QED) is 0.216. The van der Waals surface area contributed by atoms with Gasteiger partial charge in [-0.2, -0.15) is 5.10 Å². The number of aryl methyl sites for hydroxylation is 2. The lowest BCUT2D eigenvalue weighted by Gasteiger charge is -2.25. The van der Waals surface area contributed by atoms with Crippen molar-refractivity contribution in [2.24, 2.45) is 17.5 Å². The Kier molecular flexibility index (Phi) is 8.53. The summed E-state index contributed by atoms with van der Waals surface area (Å²) in [5, 5.41) is 7.16. The number of thiazole rings is 1. The van der Waals surface area contributed by atoms with E-state index in [2.05, 4.69) is 47.6 Å². The van der Waals surface area contributed by atoms with E-state index in [1.807, 2.05) is 34.5 Å². The summed E-state index contributed by atoms with van der Waals surface area (Å²) in [5.74, 6) is 6.67. The van der Waals surface area contributed by atoms with Crippen molar-refractivity contribution in [1.29, 1.82) is 0 Å². The van der Waals surface area contributed by atoms with Crippen molar-refractivity contribution in [3.63, 3.8) is 0 Å². The van der Waals surface area contributed by atoms with Gasteiger partial charge in [0.2, 0.25) is 0 Å². The Hall–Kier alpha value is -3.46. The third kappa shape index (κ3) is 6.69. The second-order valence-corrected chi connectivity index (χ2v) is 11.2. The number of nitrogens with zero attached hydrogens (tertiary/aromatic N) is 4. The largest absolute Gasteiger partial charge is 0.397 e. The van der Waals surface area contributed by atoms with Crippen molar-refractivity contribution in [3.05, 3.63) is 105 Å². The number of ether oxygens (including phenoxy) is 1. The predicted molar refractivity (Wildman–Crippen MR) is 154 cm³/mol. The minimum Gasteiger partial charge on any atom is -0.397 e. The average molecular weight is 529 g/mol. The fourth-order valence-corrected chi connectivity index (χ4v) is 6.05. The molecule has 4 aromatic rings. The number of benzene rings is 2. The van der Waals surface area contributed by atoms with Crippen LogP contribution in [0.2, 0.25) is 0 Å². The number of fused-ring (bicyclic) bond motifs is 1. The van der Waals surface area contributed by atoms with Crippen LogP contribution in [0.4, 0.5) is 0 Å². The van der Waals surface area contributed by atoms with Gasteiger partial charge in [-0.25, -0.2) is 15.5 Å². The van der Waals surface area contributed by atoms with Crippen LogP contribution >= 0.6 is 11.3 Å². The van der Waals surface area contributed by atoms with E-state index in [1.165, 1.54) is 33.0 Å². The van der Waals surface area contributed by atoms with Crippen molar-refractivity contribution < 1.29 is 4.74 Å². The van der Waals surface area contributed by atoms with E-state index in [4.69, 9.17) is 21.3 Å². The highest BCUT2D eigenvalue weighted by Crippen LogP contribution is 2.31. The molecule has 0 aliphatic heterocycles. The molecule has 198 valence electrons. The summed E-state index contributed by atoms with van der Waals surface area (Å²) < 4.78 is 6.98. The van der Waals surface area contributed by atoms with Gasteiger partial charge in [0.05, 0.1) is 29.5 Å². The zero-order valence-corrected chi connectivity index (χ0v) is 22.7. The van der Waals surface area contributed by atoms with Crippen LogP contribution in [-0.4, -0.2) is 40.0 Å². The number of aromatic nitrogens is 3. The van der Waals surface area contributed by atoms with Crippen LogP contribution in [0, 0.1) is 5.92 Å². The number of hydrogen-bond donors (Lipinski definition) is 2. The molecule has 7 nitrogen and oxygen atoms in total. The number of hydrogen-bond acceptors (Lipinski definition) is 7. The topological polar surface area (TPSA) is 95.2 Å². The van der Waals surface area contributed by atoms with Crippen LogP contribution in [0.15, 0.2) is 73.3 Å². The number of rotatable bonds is 11. The van der Waals surface area contributed by atoms with Crippen LogP contribution < -0.4 is 11.6 Å². The molecule has 0 saturated carbocycles. The molecule has 8 heteroatoms. The zero-order chi connectivity index (χ0) is 26.3. The fourth-order valence-electron chi connectivity index (χ4n) is 5.08. The molecule has 1 aliphatic carbocycles. The molecular formula is C30H36N6OS. The lowest BCUT2D eigenvalue weighted by molar-refractivity contribution is 0.170. The van der Waals surface area contributed by atoms with E-state index < -0.39 is 0 Å². The molecule has 4 N–H and O–H groups in total. The molecule has 2 aromatic heterocycles. The van der Waals surface area contributed by atoms with Gasteiger partial charge in [-0.15, -0.1) is 11.3 Å². The van der Waals surface area contributed by atoms with Gasteiger partial charge in [0.1, 0.15) is 0 Å². The lowest BCUT2D eigenvalue weighted by Crippen LogP contribution is -2.29. The first-order chi connectivity index (χ1) is 18.6. The summed E-state index contributed by atoms with van der Waals surface area (Å²) >= 11 is 1.84. The maximum Gasteiger partial charge on any atom is 0.0927 e. The molecule has 2 heterocycles. The third-order valence-electron chi connectivity index (χ3n) is 7.15. The summed E-state index contributed by atoms with van der Waals surface area (Å²) in [6, 6.07) is 17.1. The van der Waals surface area contributed by atoms with Crippen molar-refractivity contribution in [1.82, 2.24) is 19.8 Å². The van der Waals surface area contributed by atoms with Crippen LogP contribution in [0.1, 0.15) is 45.0 Å². The van der Waals surface area contributed by atoms with Gasteiger partial charge in [0, 0.05) is 43.2 Å². The van der Waals surface area contributed by atoms with Crippen LogP contribution in [0.3, 0.4) is 0 Å². The standard InChI is InChI=1S/C30H36N6OS/c1-37-15-14-35(32)21-29(31)25-10-9-24-8-6-22(16-26(24)19-25)7-11-30-33-20-28(38-30)18-23-4-2-5-27(17-23)36-13-3-12-34-36/h2-5,9-10,12-13,17,19-22H,6-8,11,14-16,18,31-32H2,1H3/b29-21-. The Morgan fingerprint density at radius 2 is 2.13 bits per heavy atom. The molecule has 1 atom stereocenters. The molecule has 0 radical (unpaired) electrons. The summed E-state index contributed by atoms with van der Waals surface area (Å²) in [4.78, 5) is 6.05. The highest BCUT2D eigenvalue weighted by molar-refractivity contribution is 7.11. The smallest absolute Gasteiger partial charge is 0.0927 e. The van der Waals surface area contributed by atoms with Crippen molar-refractivity contribution >= 4 is 17.0 Å². The molecule has 1 unspecified atom stereocenters. The summed E-state index contributed by atoms with van der Waals surface area (Å²) in [6.07, 6.45) is 14.1. The highest BCUT2D eigenvalue weighted by atomic mass is 32.1. The van der Waals surface area contributed by atoms with E-state index in [0.717, 1.165) is 43.4 Å². The molecule has 38 heavy (non-hydrogen) atoms. The molecule has 5 rings (SSSR count). The number of methoxy groups -OCH3 is 1. The van der Waals surface area contributed by atoms with Gasteiger partial charge in [-0.1, -0.05) is 24.3 Å². The van der Waals surface area contributed by atoms with E-state index in [9.17, 15) is 0 Å². The first-order valence-corrected chi connectivity index (χ1v) is 14.0. The predicted octanol–water partition coefficient (Wildman–Crippen LogP) is 4.74. The number of hydrazine groups is 1. The van der Waals surface area contributed by atoms with Crippen LogP contribution in [0.5, 0.6) is 0 Å². The van der Waals surface area contributed by atoms with Gasteiger partial charge in [0.15, 0.2) is 0 Å². The molecule has 2 aromatic carbocycles. The minimum absolute atomic E-state index is 0.562. The Morgan fingerprint density at radius 1 is 1.21 bits per heavy atom. The summed E-state index contributed by atoms with van der Waals surface area (Å²) in [5.41, 5.74) is 13.3. The van der Waals surface area contributed by atoms with Crippen molar-refractivity contribution in [2.75, 3.05) is 20.3 Å². The maximum absolute atomic E-state index is 6.35. The third-order valence-corrected chi connectivity index (χ3v) is 8.21. The molecule has 0 amide bonds. The molecular weight excluding hydrogens is 492 g/mol. The SMILES string of the molecule is COCCN(N)/C=C(\N)c1ccc2c(c1)CC(CCc1ncc(Cc3cccc(-n4cccn4)c3)s1)CC2. The minimum atomic E-state index is 0.562. The molecule has 1 aliphatic rings. The van der Waals surface area contributed by atoms with Crippen molar-refractivity contribution in [3.8, 4) is 5.69 Å². The normalized spacial score (nSPS) is 15.4. The average Bonchev–Trinajstić information content (AvgIpc) is 3.63. The lowest BCUT2D eigenvalue weighted by atomic mass is 9.81. The van der Waals surface area contributed by atoms with Gasteiger partial charge in [-0.3, -0.25) is 0 Å². The molecule has 0 fully saturated rings. The molecule has 0 spiro atoms. The van der Waals surface area contributed by atoms with E-state index in [1.54, 1.807) is 24.5 Å². The van der Waals surface area contributed by atoms with Crippen LogP contribution in [0.25, 0.3) is 11.4 Å². The molecule has 0 saturated heterocycles. The van der Waals surface area contributed by atoms with E-state index in [-0.39, 0.29) is 0 Å². The summed E-state index contributed by atoms with van der Waals surface area (Å²) in [7, 11) is 1.66. The van der Waals surface area contributed by atoms with Crippen molar-refractivity contribution in [2.45, 2.75) is 38.5 Å². The second kappa shape index (κ2) is 12.4. The maximum atomic E-state index is 6.35. The van der Waals surface area contributed by atoms with E-state index in [0.29, 0.717) is 24.8 Å². The second-order valence-electron chi connectivity index (χ2n) is 9.96. The monoisotopic (exact) mass is 528 g/mol. The summed E-state index contributed by atoms with van der Waals surface area (Å²) in [6.45, 7) is 1.16. The van der Waals surface area contributed by atoms with Gasteiger partial charge in [-0.05, 0) is 84.5 Å². The fraction of sp³-hybridized carbons (Fsp3) is 0.333. The highest BCUT2D eigenvalue weighted by Gasteiger charge is 2.20. The van der Waals surface area contributed by atoms with Crippen LogP contribution in [-0.2, 0) is 30.4 Å². The van der Waals surface area contributed by atoms with Gasteiger partial charge in [0.25, 0.3) is 0 Å². The zero-order valence-electron chi connectivity index (χ0n) is 21.9. The van der Waals surface area contributed by atoms with Gasteiger partial charge >= 0.3 is 0 Å². The van der Waals surface area contributed by atoms with E-state index >= 15 is 0 Å². The molecule has 0 bridgehead atoms. The Balaban J connectivity index is 1.16. The first-order valence-electron chi connectivity index (χ1n) is 13.2. The Bertz CT molecular complexity index is 1360. The number of nitrogens with two attached hydrogens (primary N) is 2. The first kappa shape index (κ1) is 26.2. The Labute approximate surface area is 228 Å². The van der Waals surface area contributed by atoms with Gasteiger partial charge < -0.3 is 15.5 Å².